The molecule has 0 aromatic rings. The Morgan fingerprint density at radius 3 is 2.38 bits per heavy atom. The topological polar surface area (TPSA) is 21.3 Å². The quantitative estimate of drug-likeness (QED) is 0.589. The molecule has 1 N–H and O–H groups in total. The molecule has 0 saturated heterocycles. The van der Waals surface area contributed by atoms with Crippen molar-refractivity contribution in [1.82, 2.24) is 5.32 Å². The highest BCUT2D eigenvalue weighted by Gasteiger charge is 2.02. The van der Waals surface area contributed by atoms with Gasteiger partial charge in [-0.1, -0.05) is 13.8 Å². The molecule has 0 radical (unpaired) electrons. The molecule has 1 unspecified atom stereocenters. The first-order valence-corrected chi connectivity index (χ1v) is 5.39. The zero-order chi connectivity index (χ0) is 10.1. The SMILES string of the molecule is COCCCCNC(C)CC(C)C. The van der Waals surface area contributed by atoms with E-state index in [-0.39, 0.29) is 0 Å². The molecule has 0 spiro atoms. The van der Waals surface area contributed by atoms with Gasteiger partial charge in [-0.25, -0.2) is 0 Å². The van der Waals surface area contributed by atoms with Crippen molar-refractivity contribution in [2.75, 3.05) is 20.3 Å². The van der Waals surface area contributed by atoms with Gasteiger partial charge in [-0.2, -0.15) is 0 Å². The normalized spacial score (nSPS) is 13.6. The van der Waals surface area contributed by atoms with E-state index in [4.69, 9.17) is 4.74 Å². The van der Waals surface area contributed by atoms with Crippen LogP contribution in [0.15, 0.2) is 0 Å². The summed E-state index contributed by atoms with van der Waals surface area (Å²) in [5.41, 5.74) is 0. The Morgan fingerprint density at radius 2 is 1.85 bits per heavy atom. The van der Waals surface area contributed by atoms with Crippen LogP contribution >= 0.6 is 0 Å². The Morgan fingerprint density at radius 1 is 1.15 bits per heavy atom. The number of ether oxygens (including phenoxy) is 1. The minimum absolute atomic E-state index is 0.655. The van der Waals surface area contributed by atoms with E-state index in [0.29, 0.717) is 6.04 Å². The van der Waals surface area contributed by atoms with E-state index in [1.54, 1.807) is 7.11 Å². The molecule has 2 nitrogen and oxygen atoms in total. The summed E-state index contributed by atoms with van der Waals surface area (Å²) in [7, 11) is 1.76. The zero-order valence-electron chi connectivity index (χ0n) is 9.60. The van der Waals surface area contributed by atoms with Crippen molar-refractivity contribution in [1.29, 1.82) is 0 Å². The van der Waals surface area contributed by atoms with Crippen molar-refractivity contribution in [3.63, 3.8) is 0 Å². The van der Waals surface area contributed by atoms with E-state index in [2.05, 4.69) is 26.1 Å². The van der Waals surface area contributed by atoms with Crippen molar-refractivity contribution < 1.29 is 4.74 Å². The second-order valence-electron chi connectivity index (χ2n) is 4.18. The van der Waals surface area contributed by atoms with E-state index in [0.717, 1.165) is 25.5 Å². The number of hydrogen-bond acceptors (Lipinski definition) is 2. The van der Waals surface area contributed by atoms with Crippen LogP contribution in [0.1, 0.15) is 40.0 Å². The van der Waals surface area contributed by atoms with E-state index < -0.39 is 0 Å². The van der Waals surface area contributed by atoms with Gasteiger partial charge in [-0.3, -0.25) is 0 Å². The first-order valence-electron chi connectivity index (χ1n) is 5.39. The highest BCUT2D eigenvalue weighted by atomic mass is 16.5. The van der Waals surface area contributed by atoms with Crippen LogP contribution in [0, 0.1) is 5.92 Å². The van der Waals surface area contributed by atoms with Gasteiger partial charge in [-0.15, -0.1) is 0 Å². The van der Waals surface area contributed by atoms with E-state index in [9.17, 15) is 0 Å². The summed E-state index contributed by atoms with van der Waals surface area (Å²) in [5.74, 6) is 0.793. The summed E-state index contributed by atoms with van der Waals surface area (Å²) in [6.07, 6.45) is 3.65. The maximum absolute atomic E-state index is 4.99. The highest BCUT2D eigenvalue weighted by molar-refractivity contribution is 4.62. The molecule has 0 rings (SSSR count). The standard InChI is InChI=1S/C11H25NO/c1-10(2)9-11(3)12-7-5-6-8-13-4/h10-12H,5-9H2,1-4H3. The van der Waals surface area contributed by atoms with Crippen LogP contribution in [0.4, 0.5) is 0 Å². The second-order valence-corrected chi connectivity index (χ2v) is 4.18. The summed E-state index contributed by atoms with van der Waals surface area (Å²) in [6, 6.07) is 0.655. The smallest absolute Gasteiger partial charge is 0.0462 e. The van der Waals surface area contributed by atoms with Gasteiger partial charge in [0.2, 0.25) is 0 Å². The average molecular weight is 187 g/mol. The Balaban J connectivity index is 3.12. The predicted octanol–water partition coefficient (Wildman–Crippen LogP) is 2.44. The van der Waals surface area contributed by atoms with Crippen molar-refractivity contribution >= 4 is 0 Å². The highest BCUT2D eigenvalue weighted by Crippen LogP contribution is 2.03. The van der Waals surface area contributed by atoms with Gasteiger partial charge in [0, 0.05) is 19.8 Å². The summed E-state index contributed by atoms with van der Waals surface area (Å²) in [5, 5.41) is 3.52. The van der Waals surface area contributed by atoms with Gasteiger partial charge in [0.1, 0.15) is 0 Å². The number of unbranched alkanes of at least 4 members (excludes halogenated alkanes) is 1. The lowest BCUT2D eigenvalue weighted by Gasteiger charge is -2.15. The summed E-state index contributed by atoms with van der Waals surface area (Å²) >= 11 is 0. The minimum Gasteiger partial charge on any atom is -0.385 e. The number of nitrogens with one attached hydrogen (secondary N) is 1. The Hall–Kier alpha value is -0.0800. The molecule has 0 aliphatic rings. The molecule has 80 valence electrons. The number of rotatable bonds is 8. The van der Waals surface area contributed by atoms with Crippen LogP contribution in [0.5, 0.6) is 0 Å². The number of methoxy groups -OCH3 is 1. The molecular weight excluding hydrogens is 162 g/mol. The molecule has 1 atom stereocenters. The Labute approximate surface area is 83.1 Å². The van der Waals surface area contributed by atoms with Gasteiger partial charge in [0.25, 0.3) is 0 Å². The monoisotopic (exact) mass is 187 g/mol. The predicted molar refractivity (Wildman–Crippen MR) is 58.0 cm³/mol. The van der Waals surface area contributed by atoms with Crippen LogP contribution in [0.3, 0.4) is 0 Å². The first kappa shape index (κ1) is 12.9. The van der Waals surface area contributed by atoms with E-state index in [1.165, 1.54) is 12.8 Å². The summed E-state index contributed by atoms with van der Waals surface area (Å²) in [4.78, 5) is 0. The largest absolute Gasteiger partial charge is 0.385 e. The van der Waals surface area contributed by atoms with Crippen LogP contribution in [0.2, 0.25) is 0 Å². The lowest BCUT2D eigenvalue weighted by Crippen LogP contribution is -2.28. The fourth-order valence-electron chi connectivity index (χ4n) is 1.51. The molecule has 0 bridgehead atoms. The lowest BCUT2D eigenvalue weighted by molar-refractivity contribution is 0.192. The molecular formula is C11H25NO. The van der Waals surface area contributed by atoms with Gasteiger partial charge in [-0.05, 0) is 38.6 Å². The third-order valence-corrected chi connectivity index (χ3v) is 2.09. The first-order chi connectivity index (χ1) is 6.16. The van der Waals surface area contributed by atoms with E-state index >= 15 is 0 Å². The minimum atomic E-state index is 0.655. The maximum Gasteiger partial charge on any atom is 0.0462 e. The second kappa shape index (κ2) is 8.52. The molecule has 0 amide bonds. The van der Waals surface area contributed by atoms with Gasteiger partial charge in [0.15, 0.2) is 0 Å². The molecule has 0 saturated carbocycles. The lowest BCUT2D eigenvalue weighted by atomic mass is 10.1. The van der Waals surface area contributed by atoms with Crippen molar-refractivity contribution in [3.05, 3.63) is 0 Å². The van der Waals surface area contributed by atoms with Gasteiger partial charge in [0.05, 0.1) is 0 Å². The summed E-state index contributed by atoms with van der Waals surface area (Å²) < 4.78 is 4.99. The molecule has 0 aromatic carbocycles. The molecule has 0 fully saturated rings. The molecule has 0 aliphatic heterocycles. The van der Waals surface area contributed by atoms with Crippen molar-refractivity contribution in [2.24, 2.45) is 5.92 Å². The fourth-order valence-corrected chi connectivity index (χ4v) is 1.51. The Bertz CT molecular complexity index is 104. The van der Waals surface area contributed by atoms with Crippen LogP contribution in [-0.2, 0) is 4.74 Å². The third-order valence-electron chi connectivity index (χ3n) is 2.09. The van der Waals surface area contributed by atoms with Gasteiger partial charge < -0.3 is 10.1 Å². The van der Waals surface area contributed by atoms with Crippen molar-refractivity contribution in [3.8, 4) is 0 Å². The zero-order valence-corrected chi connectivity index (χ0v) is 9.60. The molecule has 2 heteroatoms. The molecule has 0 aliphatic carbocycles. The van der Waals surface area contributed by atoms with Crippen LogP contribution < -0.4 is 5.32 Å². The fraction of sp³-hybridized carbons (Fsp3) is 1.00. The average Bonchev–Trinajstić information content (AvgIpc) is 2.02. The maximum atomic E-state index is 4.99. The van der Waals surface area contributed by atoms with Gasteiger partial charge >= 0.3 is 0 Å². The molecule has 13 heavy (non-hydrogen) atoms. The van der Waals surface area contributed by atoms with Crippen LogP contribution in [0.25, 0.3) is 0 Å². The number of hydrogen-bond donors (Lipinski definition) is 1. The van der Waals surface area contributed by atoms with E-state index in [1.807, 2.05) is 0 Å². The third kappa shape index (κ3) is 9.84. The molecule has 0 aromatic heterocycles. The summed E-state index contributed by atoms with van der Waals surface area (Å²) in [6.45, 7) is 8.81. The Kier molecular flexibility index (Phi) is 8.46. The van der Waals surface area contributed by atoms with Crippen LogP contribution in [-0.4, -0.2) is 26.3 Å². The molecule has 0 heterocycles. The van der Waals surface area contributed by atoms with Crippen molar-refractivity contribution in [2.45, 2.75) is 46.1 Å².